The summed E-state index contributed by atoms with van der Waals surface area (Å²) in [7, 11) is 1.88. The summed E-state index contributed by atoms with van der Waals surface area (Å²) in [4.78, 5) is 11.4. The Balaban J connectivity index is -0.000000345. The molecule has 0 saturated heterocycles. The summed E-state index contributed by atoms with van der Waals surface area (Å²) < 4.78 is 10.1. The molecule has 1 rings (SSSR count). The Hall–Kier alpha value is 1.20. The zero-order valence-corrected chi connectivity index (χ0v) is 20.0. The Morgan fingerprint density at radius 1 is 1.22 bits per heavy atom. The van der Waals surface area contributed by atoms with E-state index in [9.17, 15) is 4.79 Å². The maximum atomic E-state index is 11.4. The van der Waals surface area contributed by atoms with Crippen LogP contribution in [0.2, 0.25) is 0 Å². The number of hydrogen-bond donors (Lipinski definition) is 1. The third kappa shape index (κ3) is 19.4. The molecular weight excluding hydrogens is 569 g/mol. The average molecular weight is 589 g/mol. The Labute approximate surface area is 187 Å². The number of amides is 1. The van der Waals surface area contributed by atoms with Gasteiger partial charge < -0.3 is 67.2 Å². The molecule has 0 aliphatic carbocycles. The second-order valence-corrected chi connectivity index (χ2v) is 6.19. The minimum atomic E-state index is -0.0685. The first kappa shape index (κ1) is 29.0. The van der Waals surface area contributed by atoms with Gasteiger partial charge in [-0.15, -0.1) is 0 Å². The zero-order chi connectivity index (χ0) is 17.2. The first-order chi connectivity index (χ1) is 10.7. The summed E-state index contributed by atoms with van der Waals surface area (Å²) in [5.41, 5.74) is 0.661. The zero-order valence-electron chi connectivity index (χ0n) is 12.7. The van der Waals surface area contributed by atoms with Gasteiger partial charge in [-0.2, -0.15) is 29.0 Å². The van der Waals surface area contributed by atoms with Crippen LogP contribution in [0.4, 0.5) is 0 Å². The van der Waals surface area contributed by atoms with E-state index in [1.165, 1.54) is 0 Å². The molecule has 0 atom stereocenters. The van der Waals surface area contributed by atoms with E-state index in [0.29, 0.717) is 17.9 Å². The van der Waals surface area contributed by atoms with Gasteiger partial charge in [0.05, 0.1) is 0 Å². The normalized spacial score (nSPS) is 8.48. The number of hydrogen-bond acceptors (Lipinski definition) is 6. The van der Waals surface area contributed by atoms with Gasteiger partial charge in [0.25, 0.3) is 5.91 Å². The quantitative estimate of drug-likeness (QED) is 0.164. The number of carbonyl (C=O) groups excluding carboxylic acids is 1. The third-order valence-electron chi connectivity index (χ3n) is 2.04. The van der Waals surface area contributed by atoms with Crippen molar-refractivity contribution in [2.45, 2.75) is 0 Å². The van der Waals surface area contributed by atoms with Gasteiger partial charge in [-0.1, -0.05) is 0 Å². The molecule has 1 amide bonds. The number of aryl methyl sites for hydroxylation is 1. The van der Waals surface area contributed by atoms with Gasteiger partial charge in [0.2, 0.25) is 0 Å². The van der Waals surface area contributed by atoms with Crippen LogP contribution in [0.3, 0.4) is 0 Å². The number of halogens is 1. The number of pyridine rings is 1. The van der Waals surface area contributed by atoms with Gasteiger partial charge in [-0.3, -0.25) is 4.79 Å². The number of nitrogens with one attached hydrogen (secondary N) is 1. The van der Waals surface area contributed by atoms with E-state index in [-0.39, 0.29) is 29.9 Å². The van der Waals surface area contributed by atoms with Gasteiger partial charge in [0.15, 0.2) is 12.4 Å². The molecular formula is C13H20IN2O2S4Tc. The van der Waals surface area contributed by atoms with Crippen LogP contribution in [0, 0.1) is 0 Å². The van der Waals surface area contributed by atoms with E-state index < -0.39 is 0 Å². The third-order valence-corrected chi connectivity index (χ3v) is 4.16. The molecule has 23 heavy (non-hydrogen) atoms. The number of carbonyl (C=O) groups is 1. The summed E-state index contributed by atoms with van der Waals surface area (Å²) >= 11 is 16.9. The van der Waals surface area contributed by atoms with Crippen molar-refractivity contribution in [2.75, 3.05) is 35.3 Å². The number of aromatic nitrogens is 1. The van der Waals surface area contributed by atoms with E-state index in [0.717, 1.165) is 41.9 Å². The molecule has 0 fully saturated rings. The summed E-state index contributed by atoms with van der Waals surface area (Å²) in [6.07, 6.45) is 3.66. The maximum Gasteiger partial charge on any atom is -0.0287 e. The molecule has 0 spiro atoms. The van der Waals surface area contributed by atoms with Crippen LogP contribution >= 0.6 is 11.8 Å². The second-order valence-electron chi connectivity index (χ2n) is 3.74. The largest absolute Gasteiger partial charge is 0.792 e. The molecule has 0 aromatic carbocycles. The Bertz CT molecular complexity index is 402. The van der Waals surface area contributed by atoms with Gasteiger partial charge in [-0.05, 0) is 24.1 Å². The fraction of sp³-hybridized carbons (Fsp3) is 0.538. The topological polar surface area (TPSA) is 50.0 Å². The SMILES string of the molecule is C[n+]1cccc(C(=O)NCC[S-])c1.[I-].[O]=[Tc+3].[S-]CCSCC[S-]. The first-order valence-corrected chi connectivity index (χ1v) is 10.0. The molecule has 0 radical (unpaired) electrons. The van der Waals surface area contributed by atoms with E-state index in [1.54, 1.807) is 12.3 Å². The van der Waals surface area contributed by atoms with Crippen molar-refractivity contribution in [3.8, 4) is 0 Å². The van der Waals surface area contributed by atoms with Crippen LogP contribution in [-0.4, -0.2) is 41.2 Å². The van der Waals surface area contributed by atoms with Crippen LogP contribution in [0.5, 0.6) is 0 Å². The van der Waals surface area contributed by atoms with Crippen LogP contribution in [0.1, 0.15) is 10.4 Å². The average Bonchev–Trinajstić information content (AvgIpc) is 2.55. The van der Waals surface area contributed by atoms with Crippen molar-refractivity contribution in [3.63, 3.8) is 0 Å². The maximum absolute atomic E-state index is 11.4. The predicted molar refractivity (Wildman–Crippen MR) is 94.7 cm³/mol. The van der Waals surface area contributed by atoms with Crippen molar-refractivity contribution in [2.24, 2.45) is 7.05 Å². The fourth-order valence-corrected chi connectivity index (χ4v) is 2.46. The number of nitrogens with zero attached hydrogens (tertiary/aromatic N) is 1. The molecule has 0 bridgehead atoms. The molecule has 0 aliphatic rings. The standard InChI is InChI=1S/C9H12N2OS.C4H10S3.HI.O.Tc/c1-11-5-2-3-8(7-11)9(12)10-4-6-13;5-1-3-7-4-2-6;;;/h2-3,5,7H,4,6H2,1H3,(H-,10,12,13);5-6H,1-4H2;1H;;/q;;;;+3/p-3. The molecule has 1 aromatic heterocycles. The smallest absolute Gasteiger partial charge is 0.0287 e. The Morgan fingerprint density at radius 2 is 1.78 bits per heavy atom. The van der Waals surface area contributed by atoms with Gasteiger partial charge in [-0.25, -0.2) is 4.57 Å². The Kier molecular flexibility index (Phi) is 29.2. The minimum Gasteiger partial charge on any atom is -0.792 e. The van der Waals surface area contributed by atoms with Gasteiger partial charge in [0.1, 0.15) is 12.6 Å². The van der Waals surface area contributed by atoms with Crippen molar-refractivity contribution in [1.29, 1.82) is 0 Å². The summed E-state index contributed by atoms with van der Waals surface area (Å²) in [5.74, 6) is 4.38. The van der Waals surface area contributed by atoms with E-state index in [1.807, 2.05) is 35.6 Å². The molecule has 0 aliphatic heterocycles. The van der Waals surface area contributed by atoms with Crippen LogP contribution in [0.25, 0.3) is 0 Å². The van der Waals surface area contributed by atoms with Gasteiger partial charge >= 0.3 is 22.4 Å². The molecule has 1 N–H and O–H groups in total. The van der Waals surface area contributed by atoms with Crippen molar-refractivity contribution >= 4 is 55.6 Å². The molecule has 1 aromatic rings. The molecule has 0 saturated carbocycles. The molecule has 10 heteroatoms. The van der Waals surface area contributed by atoms with Crippen LogP contribution in [-0.2, 0) is 67.3 Å². The minimum absolute atomic E-state index is 0. The van der Waals surface area contributed by atoms with Crippen LogP contribution in [0.15, 0.2) is 24.5 Å². The predicted octanol–water partition coefficient (Wildman–Crippen LogP) is -2.52. The van der Waals surface area contributed by atoms with E-state index in [2.05, 4.69) is 5.32 Å². The molecule has 1 heterocycles. The monoisotopic (exact) mass is 588 g/mol. The number of thioether (sulfide) groups is 1. The Morgan fingerprint density at radius 3 is 2.22 bits per heavy atom. The first-order valence-electron chi connectivity index (χ1n) is 6.36. The summed E-state index contributed by atoms with van der Waals surface area (Å²) in [6.45, 7) is 0.548. The molecule has 4 nitrogen and oxygen atoms in total. The van der Waals surface area contributed by atoms with Crippen molar-refractivity contribution in [3.05, 3.63) is 30.1 Å². The second kappa shape index (κ2) is 23.2. The van der Waals surface area contributed by atoms with Gasteiger partial charge in [0, 0.05) is 6.07 Å². The van der Waals surface area contributed by atoms with Crippen molar-refractivity contribution in [1.82, 2.24) is 5.32 Å². The fourth-order valence-electron chi connectivity index (χ4n) is 1.21. The van der Waals surface area contributed by atoms with E-state index in [4.69, 9.17) is 41.4 Å². The molecule has 132 valence electrons. The van der Waals surface area contributed by atoms with E-state index >= 15 is 0 Å². The summed E-state index contributed by atoms with van der Waals surface area (Å²) in [5, 5.41) is 2.72. The molecule has 0 unspecified atom stereocenters. The summed E-state index contributed by atoms with van der Waals surface area (Å²) in [6, 6.07) is 3.61. The number of rotatable bonds is 7. The van der Waals surface area contributed by atoms with Crippen LogP contribution < -0.4 is 33.9 Å². The van der Waals surface area contributed by atoms with Crippen molar-refractivity contribution < 1.29 is 55.7 Å².